The first-order valence-corrected chi connectivity index (χ1v) is 10.2. The molecule has 7 heteroatoms. The molecule has 4 rings (SSSR count). The van der Waals surface area contributed by atoms with Gasteiger partial charge >= 0.3 is 0 Å². The van der Waals surface area contributed by atoms with Gasteiger partial charge in [0.15, 0.2) is 0 Å². The number of nitrogen functional groups attached to an aromatic ring is 1. The van der Waals surface area contributed by atoms with Crippen LogP contribution in [0.1, 0.15) is 31.2 Å². The Hall–Kier alpha value is -2.67. The Morgan fingerprint density at radius 3 is 2.93 bits per heavy atom. The Kier molecular flexibility index (Phi) is 5.71. The van der Waals surface area contributed by atoms with Crippen molar-refractivity contribution in [1.29, 1.82) is 5.41 Å². The standard InChI is InChI=1S/C21H29N7/c22-12-17-11-18(5-6-19(17)23)26-20-7-9-25-21(27-20)28-10-2-4-16(14-28)15-3-1-8-24-13-15/h5-7,9,11-12,15-16,22,24H,1-4,8,10,13-14,23H2,(H,25,26,27). The molecule has 0 bridgehead atoms. The lowest BCUT2D eigenvalue weighted by Gasteiger charge is -2.38. The van der Waals surface area contributed by atoms with E-state index < -0.39 is 0 Å². The zero-order valence-electron chi connectivity index (χ0n) is 16.2. The van der Waals surface area contributed by atoms with Gasteiger partial charge in [-0.3, -0.25) is 0 Å². The van der Waals surface area contributed by atoms with Gasteiger partial charge in [0.05, 0.1) is 0 Å². The molecule has 0 saturated carbocycles. The highest BCUT2D eigenvalue weighted by Gasteiger charge is 2.29. The van der Waals surface area contributed by atoms with E-state index in [1.165, 1.54) is 31.9 Å². The van der Waals surface area contributed by atoms with Crippen molar-refractivity contribution in [2.75, 3.05) is 42.1 Å². The SMILES string of the molecule is N=Cc1cc(Nc2ccnc(N3CCCC(C4CCCNC4)C3)n2)ccc1N. The van der Waals surface area contributed by atoms with Crippen molar-refractivity contribution in [2.45, 2.75) is 25.7 Å². The van der Waals surface area contributed by atoms with Crippen LogP contribution < -0.4 is 21.3 Å². The normalized spacial score (nSPS) is 22.6. The second-order valence-corrected chi connectivity index (χ2v) is 7.81. The molecule has 7 nitrogen and oxygen atoms in total. The predicted octanol–water partition coefficient (Wildman–Crippen LogP) is 3.02. The molecular formula is C21H29N7. The van der Waals surface area contributed by atoms with Crippen LogP contribution >= 0.6 is 0 Å². The van der Waals surface area contributed by atoms with E-state index in [1.54, 1.807) is 6.07 Å². The quantitative estimate of drug-likeness (QED) is 0.470. The summed E-state index contributed by atoms with van der Waals surface area (Å²) in [4.78, 5) is 11.6. The smallest absolute Gasteiger partial charge is 0.227 e. The van der Waals surface area contributed by atoms with E-state index in [2.05, 4.69) is 20.5 Å². The molecule has 3 heterocycles. The first-order valence-electron chi connectivity index (χ1n) is 10.2. The average molecular weight is 380 g/mol. The molecule has 2 aliphatic heterocycles. The topological polar surface area (TPSA) is 103 Å². The third-order valence-corrected chi connectivity index (χ3v) is 5.90. The summed E-state index contributed by atoms with van der Waals surface area (Å²) >= 11 is 0. The summed E-state index contributed by atoms with van der Waals surface area (Å²) < 4.78 is 0. The predicted molar refractivity (Wildman–Crippen MR) is 115 cm³/mol. The molecule has 2 aromatic rings. The largest absolute Gasteiger partial charge is 0.398 e. The van der Waals surface area contributed by atoms with Gasteiger partial charge in [0.2, 0.25) is 5.95 Å². The van der Waals surface area contributed by atoms with Gasteiger partial charge in [-0.1, -0.05) is 0 Å². The minimum atomic E-state index is 0.598. The molecule has 2 atom stereocenters. The zero-order valence-corrected chi connectivity index (χ0v) is 16.2. The molecule has 1 aromatic carbocycles. The van der Waals surface area contributed by atoms with Crippen LogP contribution in [0.15, 0.2) is 30.5 Å². The number of nitrogens with zero attached hydrogens (tertiary/aromatic N) is 3. The highest BCUT2D eigenvalue weighted by atomic mass is 15.3. The zero-order chi connectivity index (χ0) is 19.3. The van der Waals surface area contributed by atoms with E-state index in [9.17, 15) is 0 Å². The van der Waals surface area contributed by atoms with Crippen molar-refractivity contribution in [3.8, 4) is 0 Å². The number of anilines is 4. The maximum absolute atomic E-state index is 7.46. The fourth-order valence-electron chi connectivity index (χ4n) is 4.35. The van der Waals surface area contributed by atoms with Crippen LogP contribution in [-0.2, 0) is 0 Å². The molecule has 5 N–H and O–H groups in total. The fraction of sp³-hybridized carbons (Fsp3) is 0.476. The minimum absolute atomic E-state index is 0.598. The number of hydrogen-bond donors (Lipinski definition) is 4. The van der Waals surface area contributed by atoms with Gasteiger partial charge in [-0.15, -0.1) is 0 Å². The number of piperidine rings is 2. The molecule has 28 heavy (non-hydrogen) atoms. The molecular weight excluding hydrogens is 350 g/mol. The molecule has 0 radical (unpaired) electrons. The van der Waals surface area contributed by atoms with E-state index >= 15 is 0 Å². The van der Waals surface area contributed by atoms with Gasteiger partial charge in [0, 0.05) is 42.4 Å². The molecule has 148 valence electrons. The number of aromatic nitrogens is 2. The maximum atomic E-state index is 7.46. The van der Waals surface area contributed by atoms with Crippen LogP contribution in [0.25, 0.3) is 0 Å². The van der Waals surface area contributed by atoms with Crippen LogP contribution in [0.5, 0.6) is 0 Å². The third-order valence-electron chi connectivity index (χ3n) is 5.90. The van der Waals surface area contributed by atoms with Crippen molar-refractivity contribution in [3.05, 3.63) is 36.0 Å². The first-order chi connectivity index (χ1) is 13.7. The number of benzene rings is 1. The third kappa shape index (κ3) is 4.25. The molecule has 1 aromatic heterocycles. The monoisotopic (exact) mass is 379 g/mol. The van der Waals surface area contributed by atoms with Gasteiger partial charge in [0.25, 0.3) is 0 Å². The van der Waals surface area contributed by atoms with Crippen molar-refractivity contribution in [2.24, 2.45) is 11.8 Å². The van der Waals surface area contributed by atoms with Crippen molar-refractivity contribution in [1.82, 2.24) is 15.3 Å². The van der Waals surface area contributed by atoms with E-state index in [0.717, 1.165) is 49.6 Å². The van der Waals surface area contributed by atoms with Gasteiger partial charge < -0.3 is 26.7 Å². The Balaban J connectivity index is 1.46. The Morgan fingerprint density at radius 1 is 1.21 bits per heavy atom. The summed E-state index contributed by atoms with van der Waals surface area (Å²) in [5.41, 5.74) is 8.03. The van der Waals surface area contributed by atoms with E-state index in [0.29, 0.717) is 17.2 Å². The van der Waals surface area contributed by atoms with Gasteiger partial charge in [-0.2, -0.15) is 4.98 Å². The van der Waals surface area contributed by atoms with Crippen molar-refractivity contribution in [3.63, 3.8) is 0 Å². The molecule has 2 unspecified atom stereocenters. The Labute approximate surface area is 166 Å². The van der Waals surface area contributed by atoms with Crippen LogP contribution in [-0.4, -0.2) is 42.4 Å². The van der Waals surface area contributed by atoms with Crippen LogP contribution in [0.2, 0.25) is 0 Å². The lowest BCUT2D eigenvalue weighted by atomic mass is 9.81. The first kappa shape index (κ1) is 18.7. The second kappa shape index (κ2) is 8.56. The van der Waals surface area contributed by atoms with Gasteiger partial charge in [0.1, 0.15) is 5.82 Å². The van der Waals surface area contributed by atoms with Gasteiger partial charge in [-0.05, 0) is 74.9 Å². The number of hydrogen-bond acceptors (Lipinski definition) is 7. The summed E-state index contributed by atoms with van der Waals surface area (Å²) in [6.45, 7) is 4.36. The molecule has 2 fully saturated rings. The minimum Gasteiger partial charge on any atom is -0.398 e. The highest BCUT2D eigenvalue weighted by Crippen LogP contribution is 2.30. The Bertz CT molecular complexity index is 816. The summed E-state index contributed by atoms with van der Waals surface area (Å²) in [6.07, 6.45) is 8.20. The number of rotatable bonds is 5. The Morgan fingerprint density at radius 2 is 2.11 bits per heavy atom. The summed E-state index contributed by atoms with van der Waals surface area (Å²) in [7, 11) is 0. The highest BCUT2D eigenvalue weighted by molar-refractivity contribution is 5.87. The van der Waals surface area contributed by atoms with Crippen molar-refractivity contribution < 1.29 is 0 Å². The molecule has 0 aliphatic carbocycles. The maximum Gasteiger partial charge on any atom is 0.227 e. The molecule has 0 amide bonds. The average Bonchev–Trinajstić information content (AvgIpc) is 2.76. The summed E-state index contributed by atoms with van der Waals surface area (Å²) in [6, 6.07) is 7.43. The van der Waals surface area contributed by atoms with Crippen molar-refractivity contribution >= 4 is 29.4 Å². The van der Waals surface area contributed by atoms with E-state index in [1.807, 2.05) is 24.4 Å². The summed E-state index contributed by atoms with van der Waals surface area (Å²) in [5, 5.41) is 14.3. The number of nitrogens with one attached hydrogen (secondary N) is 3. The number of nitrogens with two attached hydrogens (primary N) is 1. The fourth-order valence-corrected chi connectivity index (χ4v) is 4.35. The van der Waals surface area contributed by atoms with Crippen LogP contribution in [0.3, 0.4) is 0 Å². The van der Waals surface area contributed by atoms with Crippen LogP contribution in [0.4, 0.5) is 23.1 Å². The molecule has 2 aliphatic rings. The van der Waals surface area contributed by atoms with E-state index in [4.69, 9.17) is 16.1 Å². The van der Waals surface area contributed by atoms with Crippen LogP contribution in [0, 0.1) is 17.2 Å². The molecule has 2 saturated heterocycles. The lowest BCUT2D eigenvalue weighted by molar-refractivity contribution is 0.233. The second-order valence-electron chi connectivity index (χ2n) is 7.81. The summed E-state index contributed by atoms with van der Waals surface area (Å²) in [5.74, 6) is 3.04. The lowest BCUT2D eigenvalue weighted by Crippen LogP contribution is -2.43. The van der Waals surface area contributed by atoms with E-state index in [-0.39, 0.29) is 0 Å². The van der Waals surface area contributed by atoms with Gasteiger partial charge in [-0.25, -0.2) is 4.98 Å². The molecule has 0 spiro atoms.